The van der Waals surface area contributed by atoms with E-state index in [1.54, 1.807) is 0 Å². The van der Waals surface area contributed by atoms with Crippen molar-refractivity contribution in [2.75, 3.05) is 40.9 Å². The highest BCUT2D eigenvalue weighted by molar-refractivity contribution is 7.45. The zero-order chi connectivity index (χ0) is 52.0. The Morgan fingerprint density at radius 3 is 1.20 bits per heavy atom. The lowest BCUT2D eigenvalue weighted by Crippen LogP contribution is -2.46. The highest BCUT2D eigenvalue weighted by Gasteiger charge is 2.24. The van der Waals surface area contributed by atoms with Crippen molar-refractivity contribution in [3.05, 3.63) is 24.3 Å². The Morgan fingerprint density at radius 1 is 0.493 bits per heavy atom. The average Bonchev–Trinajstić information content (AvgIpc) is 3.33. The van der Waals surface area contributed by atoms with Gasteiger partial charge in [0, 0.05) is 6.42 Å². The Kier molecular flexibility index (Phi) is 53.0. The molecule has 0 spiro atoms. The third kappa shape index (κ3) is 56.5. The summed E-state index contributed by atoms with van der Waals surface area (Å²) < 4.78 is 23.4. The van der Waals surface area contributed by atoms with E-state index in [0.29, 0.717) is 23.9 Å². The second kappa shape index (κ2) is 53.8. The number of rotatable bonds is 58. The van der Waals surface area contributed by atoms with Crippen LogP contribution < -0.4 is 10.2 Å². The Morgan fingerprint density at radius 2 is 0.817 bits per heavy atom. The topological polar surface area (TPSA) is 108 Å². The number of nitrogens with zero attached hydrogens (tertiary/aromatic N) is 1. The fourth-order valence-corrected chi connectivity index (χ4v) is 10.3. The van der Waals surface area contributed by atoms with Crippen molar-refractivity contribution in [2.45, 2.75) is 328 Å². The van der Waals surface area contributed by atoms with Crippen LogP contribution in [-0.4, -0.2) is 68.5 Å². The van der Waals surface area contributed by atoms with Gasteiger partial charge in [0.2, 0.25) is 5.91 Å². The van der Waals surface area contributed by atoms with Gasteiger partial charge in [0.25, 0.3) is 7.82 Å². The molecule has 2 N–H and O–H groups in total. The van der Waals surface area contributed by atoms with Gasteiger partial charge in [-0.1, -0.05) is 289 Å². The molecule has 3 atom stereocenters. The summed E-state index contributed by atoms with van der Waals surface area (Å²) in [5, 5.41) is 14.0. The van der Waals surface area contributed by atoms with Gasteiger partial charge in [-0.05, 0) is 44.9 Å². The minimum absolute atomic E-state index is 0.0116. The van der Waals surface area contributed by atoms with Gasteiger partial charge in [0.05, 0.1) is 39.9 Å². The minimum Gasteiger partial charge on any atom is -0.756 e. The number of aliphatic hydroxyl groups is 1. The van der Waals surface area contributed by atoms with Gasteiger partial charge in [-0.25, -0.2) is 0 Å². The summed E-state index contributed by atoms with van der Waals surface area (Å²) >= 11 is 0. The van der Waals surface area contributed by atoms with Crippen LogP contribution in [0.3, 0.4) is 0 Å². The predicted molar refractivity (Wildman–Crippen MR) is 307 cm³/mol. The summed E-state index contributed by atoms with van der Waals surface area (Å²) in [5.41, 5.74) is 0. The van der Waals surface area contributed by atoms with Crippen LogP contribution in [0.2, 0.25) is 0 Å². The Hall–Kier alpha value is -1.02. The number of carbonyl (C=O) groups is 1. The molecule has 0 aliphatic carbocycles. The lowest BCUT2D eigenvalue weighted by atomic mass is 10.0. The van der Waals surface area contributed by atoms with E-state index in [1.165, 1.54) is 238 Å². The van der Waals surface area contributed by atoms with Crippen LogP contribution >= 0.6 is 7.82 Å². The highest BCUT2D eigenvalue weighted by Crippen LogP contribution is 2.38. The van der Waals surface area contributed by atoms with Crippen molar-refractivity contribution in [3.8, 4) is 0 Å². The van der Waals surface area contributed by atoms with Gasteiger partial charge in [-0.15, -0.1) is 0 Å². The van der Waals surface area contributed by atoms with Crippen molar-refractivity contribution < 1.29 is 32.9 Å². The van der Waals surface area contributed by atoms with Crippen molar-refractivity contribution in [2.24, 2.45) is 0 Å². The molecule has 0 aromatic carbocycles. The lowest BCUT2D eigenvalue weighted by molar-refractivity contribution is -0.870. The first-order chi connectivity index (χ1) is 34.5. The van der Waals surface area contributed by atoms with Crippen LogP contribution in [0.1, 0.15) is 316 Å². The number of allylic oxidation sites excluding steroid dienone is 4. The van der Waals surface area contributed by atoms with Gasteiger partial charge in [-0.3, -0.25) is 9.36 Å². The number of nitrogens with one attached hydrogen (secondary N) is 1. The summed E-state index contributed by atoms with van der Waals surface area (Å²) in [5.74, 6) is -0.169. The molecule has 0 fully saturated rings. The molecule has 1 amide bonds. The van der Waals surface area contributed by atoms with E-state index in [2.05, 4.69) is 43.5 Å². The molecule has 0 saturated heterocycles. The van der Waals surface area contributed by atoms with E-state index < -0.39 is 20.0 Å². The molecule has 0 aliphatic rings. The third-order valence-corrected chi connectivity index (χ3v) is 15.4. The van der Waals surface area contributed by atoms with Crippen LogP contribution in [0.15, 0.2) is 24.3 Å². The number of carbonyl (C=O) groups excluding carboxylic acids is 1. The van der Waals surface area contributed by atoms with E-state index in [4.69, 9.17) is 9.05 Å². The van der Waals surface area contributed by atoms with Gasteiger partial charge in [0.15, 0.2) is 0 Å². The standard InChI is InChI=1S/C62H123N2O6P/c1-6-8-10-12-14-16-18-20-22-24-25-26-27-28-29-30-31-32-33-34-35-36-37-38-40-41-43-45-47-49-51-53-55-61(65)60(59-70-71(67,68)69-58-57-64(3,4)5)63-62(66)56-54-52-50-48-46-44-42-39-23-21-19-17-15-13-11-9-7-2/h15,17,21,23,60-61,65H,6-14,16,18-20,22,24-59H2,1-5H3,(H-,63,66,67,68)/b17-15-,23-21-. The number of likely N-dealkylation sites (N-methyl/N-ethyl adjacent to an activating group) is 1. The lowest BCUT2D eigenvalue weighted by Gasteiger charge is -2.30. The zero-order valence-electron chi connectivity index (χ0n) is 48.2. The zero-order valence-corrected chi connectivity index (χ0v) is 49.1. The Labute approximate surface area is 443 Å². The molecule has 0 bridgehead atoms. The fraction of sp³-hybridized carbons (Fsp3) is 0.919. The first-order valence-corrected chi connectivity index (χ1v) is 32.6. The predicted octanol–water partition coefficient (Wildman–Crippen LogP) is 18.5. The van der Waals surface area contributed by atoms with E-state index in [1.807, 2.05) is 21.1 Å². The monoisotopic (exact) mass is 1020 g/mol. The first-order valence-electron chi connectivity index (χ1n) is 31.2. The molecule has 0 aliphatic heterocycles. The molecule has 0 rings (SSSR count). The fourth-order valence-electron chi connectivity index (χ4n) is 9.54. The molecule has 9 heteroatoms. The molecule has 0 saturated carbocycles. The molecule has 71 heavy (non-hydrogen) atoms. The Bertz CT molecular complexity index is 1210. The third-order valence-electron chi connectivity index (χ3n) is 14.4. The van der Waals surface area contributed by atoms with Crippen molar-refractivity contribution in [3.63, 3.8) is 0 Å². The average molecular weight is 1020 g/mol. The molecule has 422 valence electrons. The summed E-state index contributed by atoms with van der Waals surface area (Å²) in [7, 11) is 1.31. The van der Waals surface area contributed by atoms with Crippen LogP contribution in [0.4, 0.5) is 0 Å². The molecule has 0 aromatic rings. The molecular formula is C62H123N2O6P. The number of unbranched alkanes of at least 4 members (excludes halogenated alkanes) is 41. The number of hydrogen-bond donors (Lipinski definition) is 2. The molecule has 0 radical (unpaired) electrons. The maximum Gasteiger partial charge on any atom is 0.268 e. The van der Waals surface area contributed by atoms with E-state index in [9.17, 15) is 19.4 Å². The second-order valence-electron chi connectivity index (χ2n) is 22.8. The smallest absolute Gasteiger partial charge is 0.268 e. The summed E-state index contributed by atoms with van der Waals surface area (Å²) in [4.78, 5) is 25.5. The summed E-state index contributed by atoms with van der Waals surface area (Å²) in [6, 6.07) is -0.805. The van der Waals surface area contributed by atoms with Gasteiger partial charge < -0.3 is 28.8 Å². The number of hydrogen-bond acceptors (Lipinski definition) is 6. The van der Waals surface area contributed by atoms with Gasteiger partial charge in [-0.2, -0.15) is 0 Å². The largest absolute Gasteiger partial charge is 0.756 e. The first kappa shape index (κ1) is 70.0. The maximum atomic E-state index is 13.0. The van der Waals surface area contributed by atoms with E-state index in [-0.39, 0.29) is 19.1 Å². The van der Waals surface area contributed by atoms with E-state index in [0.717, 1.165) is 51.4 Å². The highest BCUT2D eigenvalue weighted by atomic mass is 31.2. The quantitative estimate of drug-likeness (QED) is 0.0272. The van der Waals surface area contributed by atoms with Crippen molar-refractivity contribution in [1.82, 2.24) is 5.32 Å². The van der Waals surface area contributed by atoms with Crippen molar-refractivity contribution >= 4 is 13.7 Å². The molecular weight excluding hydrogens is 900 g/mol. The number of phosphoric ester groups is 1. The SMILES string of the molecule is CCCCC/C=C\C/C=C\CCCCCCCCCC(=O)NC(COP(=O)([O-])OCC[N+](C)(C)C)C(O)CCCCCCCCCCCCCCCCCCCCCCCCCCCCCCCCCC. The van der Waals surface area contributed by atoms with Crippen LogP contribution in [0.5, 0.6) is 0 Å². The number of phosphoric acid groups is 1. The second-order valence-corrected chi connectivity index (χ2v) is 24.2. The van der Waals surface area contributed by atoms with Crippen molar-refractivity contribution in [1.29, 1.82) is 0 Å². The van der Waals surface area contributed by atoms with Gasteiger partial charge >= 0.3 is 0 Å². The molecule has 3 unspecified atom stereocenters. The minimum atomic E-state index is -4.58. The van der Waals surface area contributed by atoms with E-state index >= 15 is 0 Å². The summed E-state index contributed by atoms with van der Waals surface area (Å²) in [6.07, 6.45) is 68.1. The summed E-state index contributed by atoms with van der Waals surface area (Å²) in [6.45, 7) is 4.73. The molecule has 8 nitrogen and oxygen atoms in total. The number of aliphatic hydroxyl groups excluding tert-OH is 1. The maximum absolute atomic E-state index is 13.0. The molecule has 0 heterocycles. The van der Waals surface area contributed by atoms with Crippen LogP contribution in [0.25, 0.3) is 0 Å². The van der Waals surface area contributed by atoms with Gasteiger partial charge in [0.1, 0.15) is 13.2 Å². The normalized spacial score (nSPS) is 14.0. The number of quaternary nitrogens is 1. The Balaban J connectivity index is 4.01. The van der Waals surface area contributed by atoms with Crippen LogP contribution in [-0.2, 0) is 18.4 Å². The molecule has 0 aromatic heterocycles. The van der Waals surface area contributed by atoms with Crippen LogP contribution in [0, 0.1) is 0 Å². The number of amides is 1.